The number of fused-ring (bicyclic) bond motifs is 1. The van der Waals surface area contributed by atoms with Gasteiger partial charge in [-0.05, 0) is 25.5 Å². The number of hydrogen-bond acceptors (Lipinski definition) is 7. The number of rotatable bonds is 3. The first-order valence-electron chi connectivity index (χ1n) is 7.24. The summed E-state index contributed by atoms with van der Waals surface area (Å²) >= 11 is 0. The third kappa shape index (κ3) is 2.45. The number of hydrogen-bond donors (Lipinski definition) is 0. The van der Waals surface area contributed by atoms with Crippen molar-refractivity contribution in [2.45, 2.75) is 24.2 Å². The van der Waals surface area contributed by atoms with Crippen LogP contribution in [0.2, 0.25) is 0 Å². The maximum Gasteiger partial charge on any atom is 0.243 e. The molecule has 23 heavy (non-hydrogen) atoms. The van der Waals surface area contributed by atoms with Gasteiger partial charge in [0.05, 0.1) is 10.8 Å². The fourth-order valence-electron chi connectivity index (χ4n) is 2.81. The molecule has 0 saturated carbocycles. The van der Waals surface area contributed by atoms with E-state index in [4.69, 9.17) is 14.0 Å². The SMILES string of the molecule is Cc1noc([C@H]2CCN(S(=O)(=O)c3ccc4c(c3)OCO4)C2)n1. The number of nitrogens with zero attached hydrogens (tertiary/aromatic N) is 3. The Morgan fingerprint density at radius 2 is 2.09 bits per heavy atom. The molecule has 0 unspecified atom stereocenters. The lowest BCUT2D eigenvalue weighted by molar-refractivity contribution is 0.174. The van der Waals surface area contributed by atoms with Gasteiger partial charge >= 0.3 is 0 Å². The van der Waals surface area contributed by atoms with Gasteiger partial charge in [-0.1, -0.05) is 5.16 Å². The average molecular weight is 337 g/mol. The van der Waals surface area contributed by atoms with Crippen LogP contribution in [0.3, 0.4) is 0 Å². The second-order valence-corrected chi connectivity index (χ2v) is 7.48. The maximum absolute atomic E-state index is 12.8. The van der Waals surface area contributed by atoms with Crippen molar-refractivity contribution in [1.82, 2.24) is 14.4 Å². The molecular weight excluding hydrogens is 322 g/mol. The predicted molar refractivity (Wildman–Crippen MR) is 77.7 cm³/mol. The Bertz CT molecular complexity index is 848. The van der Waals surface area contributed by atoms with Crippen molar-refractivity contribution in [2.24, 2.45) is 0 Å². The van der Waals surface area contributed by atoms with E-state index in [0.717, 1.165) is 0 Å². The Balaban J connectivity index is 1.57. The molecule has 0 bridgehead atoms. The summed E-state index contributed by atoms with van der Waals surface area (Å²) in [5.41, 5.74) is 0. The first-order chi connectivity index (χ1) is 11.0. The summed E-state index contributed by atoms with van der Waals surface area (Å²) in [5, 5.41) is 3.76. The summed E-state index contributed by atoms with van der Waals surface area (Å²) in [6.45, 7) is 2.60. The van der Waals surface area contributed by atoms with Crippen molar-refractivity contribution in [3.05, 3.63) is 29.9 Å². The molecule has 1 fully saturated rings. The van der Waals surface area contributed by atoms with Crippen molar-refractivity contribution >= 4 is 10.0 Å². The van der Waals surface area contributed by atoms with E-state index in [1.54, 1.807) is 13.0 Å². The fraction of sp³-hybridized carbons (Fsp3) is 0.429. The second kappa shape index (κ2) is 5.20. The molecule has 0 spiro atoms. The molecule has 8 nitrogen and oxygen atoms in total. The van der Waals surface area contributed by atoms with Crippen molar-refractivity contribution in [3.63, 3.8) is 0 Å². The minimum Gasteiger partial charge on any atom is -0.454 e. The first kappa shape index (κ1) is 14.5. The number of aromatic nitrogens is 2. The topological polar surface area (TPSA) is 94.8 Å². The molecule has 1 aromatic heterocycles. The van der Waals surface area contributed by atoms with Crippen LogP contribution in [-0.4, -0.2) is 42.7 Å². The molecule has 1 saturated heterocycles. The highest BCUT2D eigenvalue weighted by Crippen LogP contribution is 2.36. The molecule has 122 valence electrons. The summed E-state index contributed by atoms with van der Waals surface area (Å²) in [6, 6.07) is 4.65. The lowest BCUT2D eigenvalue weighted by Crippen LogP contribution is -2.28. The van der Waals surface area contributed by atoms with Crippen LogP contribution in [0.25, 0.3) is 0 Å². The van der Waals surface area contributed by atoms with Gasteiger partial charge in [0.2, 0.25) is 22.7 Å². The Hall–Kier alpha value is -2.13. The number of ether oxygens (including phenoxy) is 2. The zero-order chi connectivity index (χ0) is 16.0. The van der Waals surface area contributed by atoms with Gasteiger partial charge in [0.15, 0.2) is 17.3 Å². The minimum absolute atomic E-state index is 0.0695. The Kier molecular flexibility index (Phi) is 3.27. The van der Waals surface area contributed by atoms with Gasteiger partial charge in [-0.15, -0.1) is 0 Å². The lowest BCUT2D eigenvalue weighted by atomic mass is 10.1. The van der Waals surface area contributed by atoms with E-state index >= 15 is 0 Å². The van der Waals surface area contributed by atoms with E-state index < -0.39 is 10.0 Å². The standard InChI is InChI=1S/C14H15N3O5S/c1-9-15-14(22-16-9)10-4-5-17(7-10)23(18,19)11-2-3-12-13(6-11)21-8-20-12/h2-3,6,10H,4-5,7-8H2,1H3/t10-/m0/s1. The smallest absolute Gasteiger partial charge is 0.243 e. The Morgan fingerprint density at radius 1 is 1.26 bits per heavy atom. The zero-order valence-corrected chi connectivity index (χ0v) is 13.2. The Morgan fingerprint density at radius 3 is 2.87 bits per heavy atom. The van der Waals surface area contributed by atoms with Crippen LogP contribution in [0.5, 0.6) is 11.5 Å². The first-order valence-corrected chi connectivity index (χ1v) is 8.68. The summed E-state index contributed by atoms with van der Waals surface area (Å²) in [5.74, 6) is 1.99. The molecule has 0 aliphatic carbocycles. The molecule has 4 rings (SSSR count). The molecule has 2 aliphatic rings. The van der Waals surface area contributed by atoms with Crippen LogP contribution in [0, 0.1) is 6.92 Å². The van der Waals surface area contributed by atoms with Crippen LogP contribution in [0.1, 0.15) is 24.1 Å². The molecule has 9 heteroatoms. The molecule has 0 N–H and O–H groups in total. The van der Waals surface area contributed by atoms with Crippen LogP contribution in [-0.2, 0) is 10.0 Å². The Labute approximate surface area is 133 Å². The van der Waals surface area contributed by atoms with Crippen molar-refractivity contribution in [2.75, 3.05) is 19.9 Å². The number of sulfonamides is 1. The third-order valence-corrected chi connectivity index (χ3v) is 5.89. The van der Waals surface area contributed by atoms with Crippen LogP contribution in [0.4, 0.5) is 0 Å². The minimum atomic E-state index is -3.59. The summed E-state index contributed by atoms with van der Waals surface area (Å²) < 4.78 is 42.6. The van der Waals surface area contributed by atoms with E-state index in [9.17, 15) is 8.42 Å². The van der Waals surface area contributed by atoms with E-state index in [-0.39, 0.29) is 17.6 Å². The van der Waals surface area contributed by atoms with Gasteiger partial charge in [-0.25, -0.2) is 8.42 Å². The molecule has 2 aromatic rings. The quantitative estimate of drug-likeness (QED) is 0.832. The molecule has 2 aliphatic heterocycles. The average Bonchev–Trinajstić information content (AvgIpc) is 3.26. The summed E-state index contributed by atoms with van der Waals surface area (Å²) in [7, 11) is -3.59. The molecule has 3 heterocycles. The molecule has 1 aromatic carbocycles. The molecular formula is C14H15N3O5S. The molecule has 1 atom stereocenters. The number of aryl methyl sites for hydroxylation is 1. The van der Waals surface area contributed by atoms with Crippen molar-refractivity contribution < 1.29 is 22.4 Å². The van der Waals surface area contributed by atoms with Gasteiger partial charge < -0.3 is 14.0 Å². The van der Waals surface area contributed by atoms with E-state index in [1.807, 2.05) is 0 Å². The van der Waals surface area contributed by atoms with Crippen LogP contribution < -0.4 is 9.47 Å². The van der Waals surface area contributed by atoms with Crippen LogP contribution in [0.15, 0.2) is 27.6 Å². The highest BCUT2D eigenvalue weighted by molar-refractivity contribution is 7.89. The van der Waals surface area contributed by atoms with E-state index in [0.29, 0.717) is 42.7 Å². The maximum atomic E-state index is 12.8. The highest BCUT2D eigenvalue weighted by Gasteiger charge is 2.36. The van der Waals surface area contributed by atoms with Crippen LogP contribution >= 0.6 is 0 Å². The van der Waals surface area contributed by atoms with Gasteiger partial charge in [-0.3, -0.25) is 0 Å². The third-order valence-electron chi connectivity index (χ3n) is 4.03. The number of benzene rings is 1. The monoisotopic (exact) mass is 337 g/mol. The van der Waals surface area contributed by atoms with Gasteiger partial charge in [-0.2, -0.15) is 9.29 Å². The highest BCUT2D eigenvalue weighted by atomic mass is 32.2. The van der Waals surface area contributed by atoms with Gasteiger partial charge in [0.1, 0.15) is 0 Å². The lowest BCUT2D eigenvalue weighted by Gasteiger charge is -2.16. The van der Waals surface area contributed by atoms with Crippen molar-refractivity contribution in [1.29, 1.82) is 0 Å². The van der Waals surface area contributed by atoms with Gasteiger partial charge in [0, 0.05) is 19.2 Å². The zero-order valence-electron chi connectivity index (χ0n) is 12.4. The molecule has 0 radical (unpaired) electrons. The summed E-state index contributed by atoms with van der Waals surface area (Å²) in [4.78, 5) is 4.39. The van der Waals surface area contributed by atoms with Gasteiger partial charge in [0.25, 0.3) is 0 Å². The van der Waals surface area contributed by atoms with E-state index in [2.05, 4.69) is 10.1 Å². The largest absolute Gasteiger partial charge is 0.454 e. The normalized spacial score (nSPS) is 21.0. The molecule has 0 amide bonds. The summed E-state index contributed by atoms with van der Waals surface area (Å²) in [6.07, 6.45) is 0.658. The second-order valence-electron chi connectivity index (χ2n) is 5.54. The van der Waals surface area contributed by atoms with E-state index in [1.165, 1.54) is 16.4 Å². The predicted octanol–water partition coefficient (Wildman–Crippen LogP) is 1.28. The van der Waals surface area contributed by atoms with Crippen molar-refractivity contribution in [3.8, 4) is 11.5 Å². The fourth-order valence-corrected chi connectivity index (χ4v) is 4.33.